The fourth-order valence-corrected chi connectivity index (χ4v) is 2.05. The van der Waals surface area contributed by atoms with Gasteiger partial charge in [-0.3, -0.25) is 4.79 Å². The third-order valence-electron chi connectivity index (χ3n) is 3.05. The summed E-state index contributed by atoms with van der Waals surface area (Å²) in [6.45, 7) is 3.11. The van der Waals surface area contributed by atoms with Crippen LogP contribution in [0.4, 0.5) is 11.4 Å². The van der Waals surface area contributed by atoms with Crippen LogP contribution in [-0.2, 0) is 6.54 Å². The van der Waals surface area contributed by atoms with Gasteiger partial charge in [0.2, 0.25) is 0 Å². The summed E-state index contributed by atoms with van der Waals surface area (Å²) in [5.74, 6) is -0.117. The molecule has 4 nitrogen and oxygen atoms in total. The molecule has 0 atom stereocenters. The van der Waals surface area contributed by atoms with Crippen LogP contribution in [-0.4, -0.2) is 12.5 Å². The molecule has 1 amide bonds. The lowest BCUT2D eigenvalue weighted by Crippen LogP contribution is -2.22. The number of hydrogen-bond acceptors (Lipinski definition) is 3. The minimum absolute atomic E-state index is 0.117. The van der Waals surface area contributed by atoms with Gasteiger partial charge in [-0.25, -0.2) is 0 Å². The molecule has 0 radical (unpaired) electrons. The molecule has 0 fully saturated rings. The van der Waals surface area contributed by atoms with Crippen LogP contribution in [0.15, 0.2) is 42.5 Å². The van der Waals surface area contributed by atoms with Gasteiger partial charge in [0.1, 0.15) is 0 Å². The van der Waals surface area contributed by atoms with Crippen LogP contribution >= 0.6 is 11.6 Å². The highest BCUT2D eigenvalue weighted by Gasteiger charge is 2.07. The Bertz CT molecular complexity index is 626. The smallest absolute Gasteiger partial charge is 0.251 e. The van der Waals surface area contributed by atoms with Crippen molar-refractivity contribution in [1.82, 2.24) is 5.32 Å². The number of rotatable bonds is 5. The molecular weight excluding hydrogens is 286 g/mol. The maximum Gasteiger partial charge on any atom is 0.251 e. The average Bonchev–Trinajstić information content (AvgIpc) is 2.48. The number of nitrogens with one attached hydrogen (secondary N) is 2. The number of nitrogens with two attached hydrogens (primary N) is 1. The van der Waals surface area contributed by atoms with Crippen molar-refractivity contribution < 1.29 is 4.79 Å². The zero-order valence-electron chi connectivity index (χ0n) is 11.8. The third kappa shape index (κ3) is 4.13. The van der Waals surface area contributed by atoms with E-state index < -0.39 is 0 Å². The maximum absolute atomic E-state index is 11.7. The van der Waals surface area contributed by atoms with E-state index in [-0.39, 0.29) is 5.91 Å². The number of carbonyl (C=O) groups excluding carboxylic acids is 1. The van der Waals surface area contributed by atoms with Crippen LogP contribution < -0.4 is 16.4 Å². The zero-order chi connectivity index (χ0) is 15.2. The van der Waals surface area contributed by atoms with Crippen molar-refractivity contribution in [2.45, 2.75) is 13.5 Å². The van der Waals surface area contributed by atoms with E-state index in [1.54, 1.807) is 12.1 Å². The maximum atomic E-state index is 11.7. The van der Waals surface area contributed by atoms with Gasteiger partial charge in [-0.1, -0.05) is 23.7 Å². The van der Waals surface area contributed by atoms with Crippen molar-refractivity contribution >= 4 is 28.9 Å². The number of carbonyl (C=O) groups is 1. The van der Waals surface area contributed by atoms with Crippen LogP contribution in [0.1, 0.15) is 22.8 Å². The zero-order valence-corrected chi connectivity index (χ0v) is 12.6. The van der Waals surface area contributed by atoms with E-state index >= 15 is 0 Å². The molecule has 2 aromatic rings. The van der Waals surface area contributed by atoms with Gasteiger partial charge in [-0.2, -0.15) is 0 Å². The lowest BCUT2D eigenvalue weighted by atomic mass is 10.1. The predicted octanol–water partition coefficient (Wildman–Crippen LogP) is 3.28. The topological polar surface area (TPSA) is 67.2 Å². The normalized spacial score (nSPS) is 10.2. The number of amides is 1. The van der Waals surface area contributed by atoms with Crippen LogP contribution in [0, 0.1) is 0 Å². The Morgan fingerprint density at radius 3 is 2.52 bits per heavy atom. The molecule has 0 bridgehead atoms. The number of nitrogen functional groups attached to an aromatic ring is 1. The van der Waals surface area contributed by atoms with E-state index in [9.17, 15) is 4.79 Å². The Balaban J connectivity index is 2.04. The van der Waals surface area contributed by atoms with Crippen LogP contribution in [0.25, 0.3) is 0 Å². The second-order valence-electron chi connectivity index (χ2n) is 4.64. The first-order chi connectivity index (χ1) is 10.1. The molecular formula is C16H18ClN3O. The van der Waals surface area contributed by atoms with Gasteiger partial charge in [-0.05, 0) is 42.8 Å². The molecule has 110 valence electrons. The van der Waals surface area contributed by atoms with Gasteiger partial charge in [0, 0.05) is 23.7 Å². The summed E-state index contributed by atoms with van der Waals surface area (Å²) in [6, 6.07) is 12.8. The van der Waals surface area contributed by atoms with E-state index in [1.807, 2.05) is 37.3 Å². The second kappa shape index (κ2) is 6.99. The van der Waals surface area contributed by atoms with E-state index in [0.717, 1.165) is 11.3 Å². The van der Waals surface area contributed by atoms with Gasteiger partial charge in [0.05, 0.1) is 11.4 Å². The Hall–Kier alpha value is -2.20. The van der Waals surface area contributed by atoms with Crippen molar-refractivity contribution in [3.63, 3.8) is 0 Å². The molecule has 0 aliphatic carbocycles. The summed E-state index contributed by atoms with van der Waals surface area (Å²) in [5, 5.41) is 6.70. The first-order valence-electron chi connectivity index (χ1n) is 6.76. The number of hydrogen-bond donors (Lipinski definition) is 3. The van der Waals surface area contributed by atoms with Crippen LogP contribution in [0.5, 0.6) is 0 Å². The third-order valence-corrected chi connectivity index (χ3v) is 3.30. The first-order valence-corrected chi connectivity index (χ1v) is 7.14. The Labute approximate surface area is 129 Å². The fraction of sp³-hybridized carbons (Fsp3) is 0.188. The molecule has 21 heavy (non-hydrogen) atoms. The van der Waals surface area contributed by atoms with E-state index in [4.69, 9.17) is 17.3 Å². The largest absolute Gasteiger partial charge is 0.397 e. The molecule has 0 aliphatic heterocycles. The monoisotopic (exact) mass is 303 g/mol. The molecule has 0 spiro atoms. The van der Waals surface area contributed by atoms with Gasteiger partial charge >= 0.3 is 0 Å². The molecule has 5 heteroatoms. The summed E-state index contributed by atoms with van der Waals surface area (Å²) in [4.78, 5) is 11.7. The van der Waals surface area contributed by atoms with Crippen molar-refractivity contribution in [2.24, 2.45) is 0 Å². The number of benzene rings is 2. The summed E-state index contributed by atoms with van der Waals surface area (Å²) >= 11 is 5.85. The lowest BCUT2D eigenvalue weighted by molar-refractivity contribution is 0.0956. The quantitative estimate of drug-likeness (QED) is 0.743. The highest BCUT2D eigenvalue weighted by Crippen LogP contribution is 2.21. The van der Waals surface area contributed by atoms with Crippen LogP contribution in [0.3, 0.4) is 0 Å². The molecule has 0 heterocycles. The Morgan fingerprint density at radius 2 is 1.90 bits per heavy atom. The molecule has 0 saturated carbocycles. The van der Waals surface area contributed by atoms with E-state index in [2.05, 4.69) is 10.6 Å². The molecule has 0 unspecified atom stereocenters. The van der Waals surface area contributed by atoms with Gasteiger partial charge in [0.25, 0.3) is 5.91 Å². The van der Waals surface area contributed by atoms with E-state index in [1.165, 1.54) is 0 Å². The summed E-state index contributed by atoms with van der Waals surface area (Å²) in [5.41, 5.74) is 9.00. The minimum Gasteiger partial charge on any atom is -0.397 e. The molecule has 2 aromatic carbocycles. The van der Waals surface area contributed by atoms with Gasteiger partial charge < -0.3 is 16.4 Å². The molecule has 4 N–H and O–H groups in total. The Kier molecular flexibility index (Phi) is 5.06. The summed E-state index contributed by atoms with van der Waals surface area (Å²) < 4.78 is 0. The Morgan fingerprint density at radius 1 is 1.19 bits per heavy atom. The highest BCUT2D eigenvalue weighted by atomic mass is 35.5. The molecule has 2 rings (SSSR count). The first kappa shape index (κ1) is 15.2. The molecule has 0 saturated heterocycles. The number of anilines is 2. The van der Waals surface area contributed by atoms with Crippen molar-refractivity contribution in [1.29, 1.82) is 0 Å². The molecule has 0 aliphatic rings. The van der Waals surface area contributed by atoms with Crippen molar-refractivity contribution in [2.75, 3.05) is 17.6 Å². The fourth-order valence-electron chi connectivity index (χ4n) is 1.93. The summed E-state index contributed by atoms with van der Waals surface area (Å²) in [7, 11) is 0. The van der Waals surface area contributed by atoms with Gasteiger partial charge in [0.15, 0.2) is 0 Å². The standard InChI is InChI=1S/C16H18ClN3O/c1-2-19-16(21)12-5-8-15(14(18)9-12)20-10-11-3-6-13(17)7-4-11/h3-9,20H,2,10,18H2,1H3,(H,19,21). The minimum atomic E-state index is -0.117. The highest BCUT2D eigenvalue weighted by molar-refractivity contribution is 6.30. The predicted molar refractivity (Wildman–Crippen MR) is 87.6 cm³/mol. The summed E-state index contributed by atoms with van der Waals surface area (Å²) in [6.07, 6.45) is 0. The van der Waals surface area contributed by atoms with Gasteiger partial charge in [-0.15, -0.1) is 0 Å². The van der Waals surface area contributed by atoms with Crippen LogP contribution in [0.2, 0.25) is 5.02 Å². The second-order valence-corrected chi connectivity index (χ2v) is 5.08. The average molecular weight is 304 g/mol. The molecule has 0 aromatic heterocycles. The van der Waals surface area contributed by atoms with Crippen molar-refractivity contribution in [3.05, 3.63) is 58.6 Å². The van der Waals surface area contributed by atoms with E-state index in [0.29, 0.717) is 29.4 Å². The SMILES string of the molecule is CCNC(=O)c1ccc(NCc2ccc(Cl)cc2)c(N)c1. The van der Waals surface area contributed by atoms with Crippen molar-refractivity contribution in [3.8, 4) is 0 Å². The lowest BCUT2D eigenvalue weighted by Gasteiger charge is -2.11. The number of halogens is 1.